The molecule has 0 fully saturated rings. The average molecular weight is 347 g/mol. The van der Waals surface area contributed by atoms with Gasteiger partial charge in [-0.3, -0.25) is 0 Å². The summed E-state index contributed by atoms with van der Waals surface area (Å²) in [5.41, 5.74) is 0. The molecule has 0 heterocycles. The minimum absolute atomic E-state index is 0.328. The first kappa shape index (κ1) is 11.2. The van der Waals surface area contributed by atoms with Crippen molar-refractivity contribution in [2.75, 3.05) is 0 Å². The number of rotatable bonds is 2. The Morgan fingerprint density at radius 2 is 1.67 bits per heavy atom. The Bertz CT molecular complexity index is 436. The molecule has 2 rings (SSSR count). The number of hydrogen-bond acceptors (Lipinski definition) is 0. The summed E-state index contributed by atoms with van der Waals surface area (Å²) in [6.07, 6.45) is 0. The molecule has 0 nitrogen and oxygen atoms in total. The molecule has 0 aliphatic rings. The normalized spacial score (nSPS) is 10.3. The quantitative estimate of drug-likeness (QED) is 0.734. The fourth-order valence-electron chi connectivity index (χ4n) is 1.21. The van der Waals surface area contributed by atoms with Gasteiger partial charge in [-0.15, -0.1) is 0 Å². The summed E-state index contributed by atoms with van der Waals surface area (Å²) in [4.78, 5) is 0. The second kappa shape index (κ2) is 5.18. The van der Waals surface area contributed by atoms with Crippen LogP contribution in [0.2, 0.25) is 5.02 Å². The molecular formula is C12H8BrClSe. The van der Waals surface area contributed by atoms with E-state index in [9.17, 15) is 0 Å². The first-order valence-corrected chi connectivity index (χ1v) is 7.31. The van der Waals surface area contributed by atoms with Gasteiger partial charge in [0.05, 0.1) is 0 Å². The summed E-state index contributed by atoms with van der Waals surface area (Å²) in [5.74, 6) is 0. The van der Waals surface area contributed by atoms with E-state index in [1.807, 2.05) is 18.2 Å². The molecule has 0 aliphatic heterocycles. The van der Waals surface area contributed by atoms with E-state index in [0.717, 1.165) is 9.50 Å². The van der Waals surface area contributed by atoms with Gasteiger partial charge in [0.15, 0.2) is 0 Å². The third kappa shape index (κ3) is 3.35. The zero-order valence-electron chi connectivity index (χ0n) is 7.78. The van der Waals surface area contributed by atoms with E-state index >= 15 is 0 Å². The molecule has 0 spiro atoms. The monoisotopic (exact) mass is 346 g/mol. The average Bonchev–Trinajstić information content (AvgIpc) is 2.17. The summed E-state index contributed by atoms with van der Waals surface area (Å²) < 4.78 is 3.69. The molecule has 0 atom stereocenters. The molecule has 0 bridgehead atoms. The van der Waals surface area contributed by atoms with E-state index in [2.05, 4.69) is 46.3 Å². The van der Waals surface area contributed by atoms with E-state index in [1.165, 1.54) is 8.92 Å². The van der Waals surface area contributed by atoms with Crippen LogP contribution in [0.5, 0.6) is 0 Å². The van der Waals surface area contributed by atoms with Crippen molar-refractivity contribution in [3.8, 4) is 0 Å². The van der Waals surface area contributed by atoms with E-state index in [0.29, 0.717) is 15.0 Å². The van der Waals surface area contributed by atoms with Crippen LogP contribution in [0.3, 0.4) is 0 Å². The molecule has 0 aliphatic carbocycles. The predicted octanol–water partition coefficient (Wildman–Crippen LogP) is 2.76. The van der Waals surface area contributed by atoms with Crippen molar-refractivity contribution >= 4 is 51.4 Å². The SMILES string of the molecule is Clc1cc(Br)cc([Se]c2ccccc2)c1. The first-order valence-electron chi connectivity index (χ1n) is 4.43. The maximum absolute atomic E-state index is 6.00. The van der Waals surface area contributed by atoms with Crippen LogP contribution in [0, 0.1) is 0 Å². The molecule has 2 aromatic carbocycles. The second-order valence-corrected chi connectivity index (χ2v) is 6.78. The molecule has 0 unspecified atom stereocenters. The molecule has 0 amide bonds. The maximum atomic E-state index is 6.00. The Morgan fingerprint density at radius 1 is 0.933 bits per heavy atom. The van der Waals surface area contributed by atoms with Crippen molar-refractivity contribution in [2.24, 2.45) is 0 Å². The second-order valence-electron chi connectivity index (χ2n) is 3.02. The van der Waals surface area contributed by atoms with Crippen LogP contribution in [0.1, 0.15) is 0 Å². The minimum atomic E-state index is 0.328. The Labute approximate surface area is 109 Å². The van der Waals surface area contributed by atoms with E-state index in [4.69, 9.17) is 11.6 Å². The zero-order valence-corrected chi connectivity index (χ0v) is 11.8. The van der Waals surface area contributed by atoms with Gasteiger partial charge < -0.3 is 0 Å². The number of hydrogen-bond donors (Lipinski definition) is 0. The van der Waals surface area contributed by atoms with Crippen LogP contribution in [0.15, 0.2) is 53.0 Å². The van der Waals surface area contributed by atoms with Crippen LogP contribution >= 0.6 is 27.5 Å². The summed E-state index contributed by atoms with van der Waals surface area (Å²) >= 11 is 9.78. The van der Waals surface area contributed by atoms with Gasteiger partial charge in [0, 0.05) is 0 Å². The summed E-state index contributed by atoms with van der Waals surface area (Å²) in [6.45, 7) is 0. The van der Waals surface area contributed by atoms with Gasteiger partial charge in [0.1, 0.15) is 0 Å². The molecule has 2 aromatic rings. The van der Waals surface area contributed by atoms with Crippen molar-refractivity contribution < 1.29 is 0 Å². The number of halogens is 2. The zero-order chi connectivity index (χ0) is 10.7. The van der Waals surface area contributed by atoms with Gasteiger partial charge in [-0.05, 0) is 0 Å². The first-order chi connectivity index (χ1) is 7.24. The Hall–Kier alpha value is -0.271. The van der Waals surface area contributed by atoms with Crippen LogP contribution in [0.25, 0.3) is 0 Å². The van der Waals surface area contributed by atoms with Crippen molar-refractivity contribution in [3.05, 3.63) is 58.0 Å². The molecule has 0 radical (unpaired) electrons. The molecule has 15 heavy (non-hydrogen) atoms. The summed E-state index contributed by atoms with van der Waals surface area (Å²) in [7, 11) is 0. The van der Waals surface area contributed by atoms with Gasteiger partial charge in [-0.2, -0.15) is 0 Å². The predicted molar refractivity (Wildman–Crippen MR) is 70.6 cm³/mol. The van der Waals surface area contributed by atoms with Gasteiger partial charge in [-0.1, -0.05) is 0 Å². The molecule has 0 saturated carbocycles. The summed E-state index contributed by atoms with van der Waals surface area (Å²) in [6, 6.07) is 16.5. The standard InChI is InChI=1S/C12H8BrClSe/c13-9-6-10(14)8-12(7-9)15-11-4-2-1-3-5-11/h1-8H. The van der Waals surface area contributed by atoms with E-state index in [1.54, 1.807) is 0 Å². The fourth-order valence-corrected chi connectivity index (χ4v) is 4.53. The Kier molecular flexibility index (Phi) is 3.87. The molecule has 76 valence electrons. The van der Waals surface area contributed by atoms with Gasteiger partial charge in [0.2, 0.25) is 0 Å². The van der Waals surface area contributed by atoms with Gasteiger partial charge in [0.25, 0.3) is 0 Å². The molecule has 0 N–H and O–H groups in total. The Balaban J connectivity index is 2.25. The van der Waals surface area contributed by atoms with Gasteiger partial charge in [-0.25, -0.2) is 0 Å². The van der Waals surface area contributed by atoms with Crippen LogP contribution in [-0.4, -0.2) is 15.0 Å². The van der Waals surface area contributed by atoms with Crippen LogP contribution in [-0.2, 0) is 0 Å². The molecule has 0 aromatic heterocycles. The molecule has 3 heteroatoms. The van der Waals surface area contributed by atoms with Crippen molar-refractivity contribution in [2.45, 2.75) is 0 Å². The van der Waals surface area contributed by atoms with Crippen molar-refractivity contribution in [1.29, 1.82) is 0 Å². The van der Waals surface area contributed by atoms with E-state index < -0.39 is 0 Å². The van der Waals surface area contributed by atoms with Gasteiger partial charge >= 0.3 is 109 Å². The van der Waals surface area contributed by atoms with Crippen molar-refractivity contribution in [3.63, 3.8) is 0 Å². The summed E-state index contributed by atoms with van der Waals surface area (Å²) in [5, 5.41) is 0.789. The van der Waals surface area contributed by atoms with Crippen LogP contribution < -0.4 is 8.92 Å². The van der Waals surface area contributed by atoms with E-state index in [-0.39, 0.29) is 0 Å². The fraction of sp³-hybridized carbons (Fsp3) is 0. The third-order valence-electron chi connectivity index (χ3n) is 1.81. The van der Waals surface area contributed by atoms with Crippen LogP contribution in [0.4, 0.5) is 0 Å². The molecular weight excluding hydrogens is 338 g/mol. The topological polar surface area (TPSA) is 0 Å². The molecule has 0 saturated heterocycles. The number of benzene rings is 2. The third-order valence-corrected chi connectivity index (χ3v) is 4.55. The van der Waals surface area contributed by atoms with Crippen molar-refractivity contribution in [1.82, 2.24) is 0 Å². The Morgan fingerprint density at radius 3 is 2.33 bits per heavy atom.